The number of ether oxygens (including phenoxy) is 1. The molecule has 10 aromatic heterocycles. The molecule has 5 aliphatic heterocycles. The zero-order valence-electron chi connectivity index (χ0n) is 79.0. The third kappa shape index (κ3) is 23.4. The van der Waals surface area contributed by atoms with Crippen LogP contribution in [0.2, 0.25) is 20.1 Å². The molecule has 5 saturated heterocycles. The summed E-state index contributed by atoms with van der Waals surface area (Å²) in [6.07, 6.45) is 42.1. The van der Waals surface area contributed by atoms with Crippen LogP contribution in [0.25, 0.3) is 0 Å². The van der Waals surface area contributed by atoms with Gasteiger partial charge >= 0.3 is 6.18 Å². The van der Waals surface area contributed by atoms with Gasteiger partial charge in [0.2, 0.25) is 11.8 Å². The van der Waals surface area contributed by atoms with Gasteiger partial charge in [-0.3, -0.25) is 14.8 Å². The highest BCUT2D eigenvalue weighted by molar-refractivity contribution is 8.00. The van der Waals surface area contributed by atoms with Crippen molar-refractivity contribution in [3.63, 3.8) is 0 Å². The molecule has 5 saturated carbocycles. The summed E-state index contributed by atoms with van der Waals surface area (Å²) in [7, 11) is 1.54. The lowest BCUT2D eigenvalue weighted by Crippen LogP contribution is -2.52. The molecule has 139 heavy (non-hydrogen) atoms. The molecule has 2 unspecified atom stereocenters. The fraction of sp³-hybridized carbons (Fsp3) is 0.536. The Morgan fingerprint density at radius 3 is 1.08 bits per heavy atom. The van der Waals surface area contributed by atoms with Crippen LogP contribution >= 0.6 is 105 Å². The molecule has 5 aliphatic carbocycles. The van der Waals surface area contributed by atoms with Gasteiger partial charge in [-0.15, -0.1) is 0 Å². The summed E-state index contributed by atoms with van der Waals surface area (Å²) in [4.78, 5) is 88.2. The summed E-state index contributed by atoms with van der Waals surface area (Å²) in [5.41, 5.74) is 36.2. The molecule has 5 spiro atoms. The number of halogens is 9. The average Bonchev–Trinajstić information content (AvgIpc) is 1.61. The van der Waals surface area contributed by atoms with Crippen LogP contribution < -0.4 is 69.2 Å². The lowest BCUT2D eigenvalue weighted by Gasteiger charge is -2.43. The van der Waals surface area contributed by atoms with Crippen molar-refractivity contribution in [2.45, 2.75) is 256 Å². The Balaban J connectivity index is 0.000000126. The molecule has 15 heterocycles. The number of hydrogen-bond donors (Lipinski definition) is 7. The molecule has 10 aliphatic rings. The van der Waals surface area contributed by atoms with Crippen molar-refractivity contribution in [3.8, 4) is 5.88 Å². The van der Waals surface area contributed by atoms with Gasteiger partial charge in [-0.2, -0.15) is 17.6 Å². The molecule has 0 radical (unpaired) electrons. The number of piperidine rings is 5. The van der Waals surface area contributed by atoms with Crippen LogP contribution in [0.4, 0.5) is 80.1 Å². The zero-order valence-corrected chi connectivity index (χ0v) is 86.1. The Morgan fingerprint density at radius 2 is 0.748 bits per heavy atom. The van der Waals surface area contributed by atoms with Gasteiger partial charge < -0.3 is 68.6 Å². The Kier molecular flexibility index (Phi) is 32.8. The molecule has 20 rings (SSSR count). The predicted molar refractivity (Wildman–Crippen MR) is 547 cm³/mol. The van der Waals surface area contributed by atoms with Gasteiger partial charge in [-0.05, 0) is 197 Å². The first kappa shape index (κ1) is 103. The number of rotatable bonds is 16. The number of nitrogen functional groups attached to an aromatic ring is 5. The Labute approximate surface area is 849 Å². The van der Waals surface area contributed by atoms with Crippen LogP contribution in [0.5, 0.6) is 5.88 Å². The van der Waals surface area contributed by atoms with Crippen LogP contribution in [-0.4, -0.2) is 159 Å². The number of nitrogens with one attached hydrogen (secondary N) is 1. The average molecular weight is 2080 g/mol. The molecular weight excluding hydrogens is 1960 g/mol. The number of hydrogen-bond acceptors (Lipinski definition) is 32. The third-order valence-electron chi connectivity index (χ3n) is 31.5. The van der Waals surface area contributed by atoms with Crippen molar-refractivity contribution < 1.29 is 26.7 Å². The van der Waals surface area contributed by atoms with E-state index in [2.05, 4.69) is 122 Å². The molecule has 13 N–H and O–H groups in total. The van der Waals surface area contributed by atoms with E-state index in [-0.39, 0.29) is 36.8 Å². The Morgan fingerprint density at radius 1 is 0.410 bits per heavy atom. The van der Waals surface area contributed by atoms with Crippen LogP contribution in [0.3, 0.4) is 0 Å². The molecule has 42 heteroatoms. The van der Waals surface area contributed by atoms with E-state index in [1.54, 1.807) is 63.3 Å². The molecule has 6 atom stereocenters. The highest BCUT2D eigenvalue weighted by Gasteiger charge is 2.55. The third-order valence-corrected chi connectivity index (χ3v) is 38.7. The minimum atomic E-state index is -4.58. The topological polar surface area (TPSA) is 395 Å². The van der Waals surface area contributed by atoms with Crippen molar-refractivity contribution in [2.75, 3.05) is 126 Å². The molecule has 0 aromatic carbocycles. The molecule has 10 aromatic rings. The van der Waals surface area contributed by atoms with Crippen molar-refractivity contribution in [2.24, 2.45) is 56.5 Å². The van der Waals surface area contributed by atoms with Crippen LogP contribution in [0.1, 0.15) is 194 Å². The summed E-state index contributed by atoms with van der Waals surface area (Å²) in [6, 6.07) is 9.30. The van der Waals surface area contributed by atoms with E-state index < -0.39 is 29.5 Å². The van der Waals surface area contributed by atoms with E-state index in [1.807, 2.05) is 29.4 Å². The summed E-state index contributed by atoms with van der Waals surface area (Å²) in [5, 5.41) is 3.73. The maximum absolute atomic E-state index is 14.6. The second kappa shape index (κ2) is 44.2. The quantitative estimate of drug-likeness (QED) is 0.0349. The number of nitrogens with two attached hydrogens (primary N) is 6. The largest absolute Gasteiger partial charge is 0.480 e. The lowest BCUT2D eigenvalue weighted by atomic mass is 9.71. The first-order valence-corrected chi connectivity index (χ1v) is 53.4. The van der Waals surface area contributed by atoms with Crippen molar-refractivity contribution in [3.05, 3.63) is 147 Å². The normalized spacial score (nSPS) is 22.6. The second-order valence-electron chi connectivity index (χ2n) is 39.0. The van der Waals surface area contributed by atoms with E-state index in [0.29, 0.717) is 116 Å². The maximum atomic E-state index is 14.6. The Bertz CT molecular complexity index is 6010. The van der Waals surface area contributed by atoms with Gasteiger partial charge in [-0.25, -0.2) is 64.2 Å². The summed E-state index contributed by atoms with van der Waals surface area (Å²) >= 11 is 30.6. The van der Waals surface area contributed by atoms with Crippen LogP contribution in [0.15, 0.2) is 159 Å². The van der Waals surface area contributed by atoms with E-state index in [0.717, 1.165) is 146 Å². The Hall–Kier alpha value is -8.73. The van der Waals surface area contributed by atoms with E-state index >= 15 is 0 Å². The van der Waals surface area contributed by atoms with Gasteiger partial charge in [0, 0.05) is 133 Å². The zero-order chi connectivity index (χ0) is 98.4. The van der Waals surface area contributed by atoms with Crippen LogP contribution in [0, 0.1) is 56.7 Å². The fourth-order valence-corrected chi connectivity index (χ4v) is 27.4. The van der Waals surface area contributed by atoms with E-state index in [1.165, 1.54) is 200 Å². The standard InChI is InChI=1S/C20H26ClN5OS.C20H24F4N6S.C19H23ClFN5S.C19H24ClN5OS.C19H24ClN5S/c1-13-4-3-6-20(13)7-10-26(11-8-20)15-12-24-19(17(22)25-15)28-14-5-9-23-18(27-2)16(14)21;1-18(21)4-5-19(17(18)26)6-9-30(10-7-19)13-11-28-16(15(25)29-13)31-12-3-2-8-27-14(12)20(22,23)24;1-12-3-2-5-19(12)6-9-26(10-7-19)14-11-24-18(17(22)25-14)27-13-4-8-23-16(21)15(13)20;1-12-3-2-5-19(12)6-9-25(10-7-19)14-11-23-18(16(21)24-14)27-13-4-8-22-17(26)15(13)20;1-13-3-2-5-19(13)6-9-25(10-7-19)16-12-23-18(17(21)24-16)26-15-4-8-22-11-14(15)20/h5,9,12-13H,3-4,6-8,10-11H2,1-2H3,(H2,22,25);2-3,8,11,17H,4-7,9-10,26H2,1H3,(H2,25,29);4,8,11-12H,2-3,5-7,9-10H2,1H3,(H2,22,25);4,8,11-12H,2-3,5-7,9-10H2,1H3,(H2,21,24)(H,22,26);4,8,11-13H,2-3,5-7,9-10H2,1H3,(H2,21,24)/t13-;;2*12-;13-/m1.111/s1. The number of pyridine rings is 5. The number of alkyl halides is 4. The molecule has 10 fully saturated rings. The van der Waals surface area contributed by atoms with Crippen molar-refractivity contribution in [1.29, 1.82) is 0 Å². The lowest BCUT2D eigenvalue weighted by molar-refractivity contribution is -0.143. The van der Waals surface area contributed by atoms with Gasteiger partial charge in [0.25, 0.3) is 5.56 Å². The molecule has 0 amide bonds. The van der Waals surface area contributed by atoms with Crippen molar-refractivity contribution in [1.82, 2.24) is 74.8 Å². The van der Waals surface area contributed by atoms with Crippen LogP contribution in [-0.2, 0) is 6.18 Å². The van der Waals surface area contributed by atoms with Gasteiger partial charge in [0.15, 0.2) is 34.8 Å². The van der Waals surface area contributed by atoms with Crippen molar-refractivity contribution >= 4 is 163 Å². The number of methoxy groups -OCH3 is 1. The minimum absolute atomic E-state index is 0.0280. The molecule has 0 bridgehead atoms. The van der Waals surface area contributed by atoms with E-state index in [9.17, 15) is 26.7 Å². The maximum Gasteiger partial charge on any atom is 0.434 e. The highest BCUT2D eigenvalue weighted by Crippen LogP contribution is 2.57. The number of H-pyrrole nitrogens is 1. The molecule has 28 nitrogen and oxygen atoms in total. The second-order valence-corrected chi connectivity index (χ2v) is 45.7. The molecular formula is C97H121Cl4F5N26O2S5. The minimum Gasteiger partial charge on any atom is -0.480 e. The number of aromatic amines is 1. The monoisotopic (exact) mass is 2080 g/mol. The van der Waals surface area contributed by atoms with E-state index in [4.69, 9.17) is 85.5 Å². The van der Waals surface area contributed by atoms with Gasteiger partial charge in [-0.1, -0.05) is 184 Å². The summed E-state index contributed by atoms with van der Waals surface area (Å²) < 4.78 is 72.8. The predicted octanol–water partition coefficient (Wildman–Crippen LogP) is 22.2. The number of aromatic nitrogens is 15. The summed E-state index contributed by atoms with van der Waals surface area (Å²) in [6.45, 7) is 20.7. The first-order chi connectivity index (χ1) is 66.6. The SMILES string of the molecule is CC1(F)CCC2(CCN(c3cnc(Sc4cccnc4C(F)(F)F)c(N)n3)CC2)C1N.COc1nccc(Sc2ncc(N3CCC4(CCC[C@H]4C)CC3)nc2N)c1Cl.C[C@@H]1CCCC12CCN(c1cnc(Sc3cc[nH]c(=O)c3Cl)c(N)n1)CC2.C[C@@H]1CCCC12CCN(c1cnc(Sc3ccnc(F)c3Cl)c(N)n1)CC2.C[C@@H]1CCCC12CCN(c1cnc(Sc3ccncc3Cl)c(N)n1)CC2. The fourth-order valence-electron chi connectivity index (χ4n) is 22.5. The smallest absolute Gasteiger partial charge is 0.434 e. The van der Waals surface area contributed by atoms with Gasteiger partial charge in [0.1, 0.15) is 75.0 Å². The summed E-state index contributed by atoms with van der Waals surface area (Å²) in [5.74, 6) is 8.58. The molecule has 744 valence electrons. The first-order valence-electron chi connectivity index (χ1n) is 47.8. The van der Waals surface area contributed by atoms with Gasteiger partial charge in [0.05, 0.1) is 43.1 Å². The highest BCUT2D eigenvalue weighted by atomic mass is 35.5. The number of anilines is 10. The number of nitrogens with zero attached hydrogens (tertiary/aromatic N) is 19.